The summed E-state index contributed by atoms with van der Waals surface area (Å²) in [5.74, 6) is 0. The molecule has 0 aliphatic carbocycles. The second-order valence-electron chi connectivity index (χ2n) is 4.13. The molecule has 0 heterocycles. The van der Waals surface area contributed by atoms with Crippen LogP contribution in [0, 0.1) is 6.92 Å². The molecule has 0 aliphatic heterocycles. The highest BCUT2D eigenvalue weighted by atomic mass is 35.5. The fourth-order valence-electron chi connectivity index (χ4n) is 1.61. The highest BCUT2D eigenvalue weighted by Crippen LogP contribution is 2.06. The average molecular weight is 259 g/mol. The summed E-state index contributed by atoms with van der Waals surface area (Å²) in [7, 11) is 2.11. The topological polar surface area (TPSA) is 38.5 Å². The summed E-state index contributed by atoms with van der Waals surface area (Å²) < 4.78 is 5.35. The van der Waals surface area contributed by atoms with Crippen LogP contribution < -0.4 is 5.73 Å². The molecule has 0 unspecified atom stereocenters. The van der Waals surface area contributed by atoms with Gasteiger partial charge in [-0.25, -0.2) is 0 Å². The van der Waals surface area contributed by atoms with Crippen LogP contribution in [0.25, 0.3) is 0 Å². The Morgan fingerprint density at radius 3 is 2.71 bits per heavy atom. The van der Waals surface area contributed by atoms with Crippen molar-refractivity contribution >= 4 is 12.4 Å². The van der Waals surface area contributed by atoms with Crippen molar-refractivity contribution in [2.45, 2.75) is 13.5 Å². The minimum absolute atomic E-state index is 0. The highest BCUT2D eigenvalue weighted by molar-refractivity contribution is 5.85. The molecule has 0 radical (unpaired) electrons. The predicted molar refractivity (Wildman–Crippen MR) is 74.6 cm³/mol. The number of benzene rings is 1. The molecule has 0 amide bonds. The van der Waals surface area contributed by atoms with E-state index in [1.807, 2.05) is 0 Å². The van der Waals surface area contributed by atoms with E-state index in [4.69, 9.17) is 10.5 Å². The molecule has 0 aromatic heterocycles. The molecule has 0 saturated carbocycles. The van der Waals surface area contributed by atoms with Gasteiger partial charge in [-0.05, 0) is 19.5 Å². The van der Waals surface area contributed by atoms with Gasteiger partial charge >= 0.3 is 0 Å². The maximum atomic E-state index is 5.35. The number of hydrogen-bond acceptors (Lipinski definition) is 3. The van der Waals surface area contributed by atoms with Gasteiger partial charge in [-0.1, -0.05) is 29.8 Å². The zero-order valence-electron chi connectivity index (χ0n) is 10.7. The summed E-state index contributed by atoms with van der Waals surface area (Å²) in [6.07, 6.45) is 0. The van der Waals surface area contributed by atoms with Gasteiger partial charge < -0.3 is 10.5 Å². The van der Waals surface area contributed by atoms with E-state index in [2.05, 4.69) is 43.1 Å². The quantitative estimate of drug-likeness (QED) is 0.759. The van der Waals surface area contributed by atoms with Crippen LogP contribution in [0.15, 0.2) is 24.3 Å². The fourth-order valence-corrected chi connectivity index (χ4v) is 1.61. The van der Waals surface area contributed by atoms with Crippen molar-refractivity contribution in [3.05, 3.63) is 35.4 Å². The summed E-state index contributed by atoms with van der Waals surface area (Å²) in [4.78, 5) is 2.26. The van der Waals surface area contributed by atoms with Crippen LogP contribution in [-0.4, -0.2) is 38.3 Å². The standard InChI is InChI=1S/C13H22N2O.ClH/c1-12-4-3-5-13(10-12)11-15(2)7-9-16-8-6-14;/h3-5,10H,6-9,11,14H2,1-2H3;1H. The van der Waals surface area contributed by atoms with E-state index < -0.39 is 0 Å². The lowest BCUT2D eigenvalue weighted by Gasteiger charge is -2.16. The number of hydrogen-bond donors (Lipinski definition) is 1. The third-order valence-corrected chi connectivity index (χ3v) is 2.41. The molecule has 17 heavy (non-hydrogen) atoms. The van der Waals surface area contributed by atoms with E-state index in [1.54, 1.807) is 0 Å². The molecule has 2 N–H and O–H groups in total. The number of aryl methyl sites for hydroxylation is 1. The first-order valence-corrected chi connectivity index (χ1v) is 5.74. The summed E-state index contributed by atoms with van der Waals surface area (Å²) in [6.45, 7) is 6.02. The van der Waals surface area contributed by atoms with Gasteiger partial charge in [0.25, 0.3) is 0 Å². The smallest absolute Gasteiger partial charge is 0.0594 e. The molecule has 0 bridgehead atoms. The lowest BCUT2D eigenvalue weighted by molar-refractivity contribution is 0.115. The number of ether oxygens (including phenoxy) is 1. The molecular weight excluding hydrogens is 236 g/mol. The Morgan fingerprint density at radius 1 is 1.29 bits per heavy atom. The molecule has 0 spiro atoms. The Kier molecular flexibility index (Phi) is 9.09. The maximum absolute atomic E-state index is 5.35. The van der Waals surface area contributed by atoms with Gasteiger partial charge in [0, 0.05) is 19.6 Å². The van der Waals surface area contributed by atoms with E-state index in [9.17, 15) is 0 Å². The normalized spacial score (nSPS) is 10.4. The minimum atomic E-state index is 0. The zero-order chi connectivity index (χ0) is 11.8. The van der Waals surface area contributed by atoms with Gasteiger partial charge in [-0.3, -0.25) is 4.90 Å². The molecule has 98 valence electrons. The monoisotopic (exact) mass is 258 g/mol. The number of likely N-dealkylation sites (N-methyl/N-ethyl adjacent to an activating group) is 1. The van der Waals surface area contributed by atoms with Crippen LogP contribution in [0.1, 0.15) is 11.1 Å². The molecule has 0 saturated heterocycles. The number of rotatable bonds is 7. The third-order valence-electron chi connectivity index (χ3n) is 2.41. The lowest BCUT2D eigenvalue weighted by Crippen LogP contribution is -2.23. The Hall–Kier alpha value is -0.610. The fraction of sp³-hybridized carbons (Fsp3) is 0.538. The summed E-state index contributed by atoms with van der Waals surface area (Å²) in [5, 5.41) is 0. The molecule has 0 fully saturated rings. The molecule has 0 aliphatic rings. The summed E-state index contributed by atoms with van der Waals surface area (Å²) in [6, 6.07) is 8.60. The number of halogens is 1. The molecule has 1 aromatic carbocycles. The SMILES string of the molecule is Cc1cccc(CN(C)CCOCCN)c1.Cl. The zero-order valence-corrected chi connectivity index (χ0v) is 11.5. The first-order valence-electron chi connectivity index (χ1n) is 5.74. The first kappa shape index (κ1) is 16.4. The van der Waals surface area contributed by atoms with Crippen LogP contribution in [0.4, 0.5) is 0 Å². The van der Waals surface area contributed by atoms with Crippen molar-refractivity contribution in [3.63, 3.8) is 0 Å². The largest absolute Gasteiger partial charge is 0.379 e. The Bertz CT molecular complexity index is 307. The Labute approximate surface area is 110 Å². The molecule has 0 atom stereocenters. The van der Waals surface area contributed by atoms with Gasteiger partial charge in [-0.2, -0.15) is 0 Å². The van der Waals surface area contributed by atoms with E-state index in [-0.39, 0.29) is 12.4 Å². The average Bonchev–Trinajstić information content (AvgIpc) is 2.24. The van der Waals surface area contributed by atoms with Crippen molar-refractivity contribution in [1.29, 1.82) is 0 Å². The van der Waals surface area contributed by atoms with Gasteiger partial charge in [-0.15, -0.1) is 12.4 Å². The Morgan fingerprint density at radius 2 is 2.06 bits per heavy atom. The van der Waals surface area contributed by atoms with Crippen LogP contribution >= 0.6 is 12.4 Å². The predicted octanol–water partition coefficient (Wildman–Crippen LogP) is 1.82. The first-order chi connectivity index (χ1) is 7.72. The minimum Gasteiger partial charge on any atom is -0.379 e. The van der Waals surface area contributed by atoms with Crippen LogP contribution in [0.5, 0.6) is 0 Å². The van der Waals surface area contributed by atoms with Crippen LogP contribution in [0.3, 0.4) is 0 Å². The van der Waals surface area contributed by atoms with Crippen molar-refractivity contribution in [1.82, 2.24) is 4.90 Å². The van der Waals surface area contributed by atoms with Gasteiger partial charge in [0.05, 0.1) is 13.2 Å². The second kappa shape index (κ2) is 9.42. The van der Waals surface area contributed by atoms with Gasteiger partial charge in [0.1, 0.15) is 0 Å². The molecular formula is C13H23ClN2O. The summed E-state index contributed by atoms with van der Waals surface area (Å²) >= 11 is 0. The van der Waals surface area contributed by atoms with Gasteiger partial charge in [0.2, 0.25) is 0 Å². The number of nitrogens with two attached hydrogens (primary N) is 1. The van der Waals surface area contributed by atoms with Crippen LogP contribution in [0.2, 0.25) is 0 Å². The lowest BCUT2D eigenvalue weighted by atomic mass is 10.1. The maximum Gasteiger partial charge on any atom is 0.0594 e. The molecule has 4 heteroatoms. The van der Waals surface area contributed by atoms with E-state index >= 15 is 0 Å². The summed E-state index contributed by atoms with van der Waals surface area (Å²) in [5.41, 5.74) is 8.01. The van der Waals surface area contributed by atoms with E-state index in [0.717, 1.165) is 19.7 Å². The molecule has 1 aromatic rings. The number of nitrogens with zero attached hydrogens (tertiary/aromatic N) is 1. The van der Waals surface area contributed by atoms with Crippen molar-refractivity contribution in [2.24, 2.45) is 5.73 Å². The van der Waals surface area contributed by atoms with Crippen molar-refractivity contribution < 1.29 is 4.74 Å². The van der Waals surface area contributed by atoms with Gasteiger partial charge in [0.15, 0.2) is 0 Å². The van der Waals surface area contributed by atoms with E-state index in [0.29, 0.717) is 13.2 Å². The van der Waals surface area contributed by atoms with Crippen molar-refractivity contribution in [3.8, 4) is 0 Å². The highest BCUT2D eigenvalue weighted by Gasteiger charge is 2.00. The second-order valence-corrected chi connectivity index (χ2v) is 4.13. The van der Waals surface area contributed by atoms with E-state index in [1.165, 1.54) is 11.1 Å². The molecule has 3 nitrogen and oxygen atoms in total. The molecule has 1 rings (SSSR count). The van der Waals surface area contributed by atoms with Crippen LogP contribution in [-0.2, 0) is 11.3 Å². The van der Waals surface area contributed by atoms with Crippen molar-refractivity contribution in [2.75, 3.05) is 33.4 Å². The third kappa shape index (κ3) is 7.34. The Balaban J connectivity index is 0.00000256.